The molecule has 3 saturated heterocycles. The molecule has 8 aliphatic carbocycles. The van der Waals surface area contributed by atoms with E-state index in [0.29, 0.717) is 48.7 Å². The zero-order valence-corrected chi connectivity index (χ0v) is 47.1. The maximum atomic E-state index is 12.7. The third kappa shape index (κ3) is 10.2. The maximum absolute atomic E-state index is 12.7. The van der Waals surface area contributed by atoms with Gasteiger partial charge in [0.2, 0.25) is 0 Å². The Bertz CT molecular complexity index is 2410. The minimum Gasteiger partial charge on any atom is -0.508 e. The van der Waals surface area contributed by atoms with Crippen LogP contribution in [-0.4, -0.2) is 75.3 Å². The summed E-state index contributed by atoms with van der Waals surface area (Å²) in [7, 11) is 0. The highest BCUT2D eigenvalue weighted by Gasteiger charge is 2.68. The second kappa shape index (κ2) is 20.3. The Morgan fingerprint density at radius 1 is 0.703 bits per heavy atom. The molecule has 410 valence electrons. The molecule has 0 aromatic heterocycles. The molecule has 11 aliphatic rings. The molecular formula is C63H92O11. The van der Waals surface area contributed by atoms with Crippen LogP contribution in [0.4, 0.5) is 0 Å². The lowest BCUT2D eigenvalue weighted by atomic mass is 9.52. The standard InChI is InChI=1S/C20H32O2.C16H26O3.C14H16O.C13H18O5/c1-5-19(3,4)18(21)22-20(6-2)11-14-10-15(20)17-13-8-7-12(9-13)16(14)17;1-4-14(2,3)13(17)19-16-8-11-5-12(9-16)7-15(18,6-11)10-16;1-3-10(2)11-4-5-13-9-14(15)7-6-12(13)8-11;1-4-13(2,3)12(15)18-9-7-5-6-8(16-7)10(9)17-11(6)14/h12-17H,5-11H2,1-4H3;11-12,18H,4-10H2,1-3H3;4-10,15H,3H2,1-2H3;6-10H,4-5H2,1-3H3. The number of rotatable bonds is 12. The van der Waals surface area contributed by atoms with Crippen LogP contribution in [-0.2, 0) is 42.9 Å². The van der Waals surface area contributed by atoms with E-state index in [2.05, 4.69) is 45.9 Å². The molecule has 13 rings (SSSR count). The fourth-order valence-electron chi connectivity index (χ4n) is 16.1. The van der Waals surface area contributed by atoms with E-state index in [0.717, 1.165) is 92.8 Å². The zero-order chi connectivity index (χ0) is 53.5. The summed E-state index contributed by atoms with van der Waals surface area (Å²) in [5.74, 6) is 6.77. The van der Waals surface area contributed by atoms with Gasteiger partial charge in [-0.05, 0) is 220 Å². The lowest BCUT2D eigenvalue weighted by Crippen LogP contribution is -2.61. The van der Waals surface area contributed by atoms with Crippen molar-refractivity contribution in [3.05, 3.63) is 42.0 Å². The molecular weight excluding hydrogens is 933 g/mol. The van der Waals surface area contributed by atoms with Crippen molar-refractivity contribution >= 4 is 34.6 Å². The van der Waals surface area contributed by atoms with Gasteiger partial charge in [0.15, 0.2) is 12.2 Å². The molecule has 11 fully saturated rings. The topological polar surface area (TPSA) is 155 Å². The van der Waals surface area contributed by atoms with Gasteiger partial charge in [-0.15, -0.1) is 0 Å². The molecule has 74 heavy (non-hydrogen) atoms. The van der Waals surface area contributed by atoms with Crippen LogP contribution < -0.4 is 0 Å². The van der Waals surface area contributed by atoms with E-state index in [1.165, 1.54) is 43.1 Å². The van der Waals surface area contributed by atoms with Crippen LogP contribution in [0.25, 0.3) is 10.8 Å². The molecule has 15 unspecified atom stereocenters. The van der Waals surface area contributed by atoms with Gasteiger partial charge in [0.25, 0.3) is 0 Å². The molecule has 0 radical (unpaired) electrons. The Labute approximate surface area is 442 Å². The van der Waals surface area contributed by atoms with E-state index >= 15 is 0 Å². The first-order valence-electron chi connectivity index (χ1n) is 29.3. The summed E-state index contributed by atoms with van der Waals surface area (Å²) in [5, 5.41) is 22.3. The SMILES string of the molecule is CCC(C)(C)C(=O)OC1(CC)CC2CC1C1C3CCC(C3)C21.CCC(C)(C)C(=O)OC12CC3CC(CC(O)(C3)C1)C2.CCC(C)(C)C(=O)OC1C2CC3C(=O)OC1C3O2.CCC(C)c1ccc2cc(O)ccc2c1. The molecule has 3 aliphatic heterocycles. The summed E-state index contributed by atoms with van der Waals surface area (Å²) >= 11 is 0. The van der Waals surface area contributed by atoms with Gasteiger partial charge in [-0.3, -0.25) is 19.2 Å². The number of phenolic OH excluding ortho intramolecular Hbond substituents is 1. The Balaban J connectivity index is 0.000000122. The molecule has 10 bridgehead atoms. The minimum atomic E-state index is -0.555. The first kappa shape index (κ1) is 55.1. The number of hydrogen-bond acceptors (Lipinski definition) is 11. The van der Waals surface area contributed by atoms with Crippen molar-refractivity contribution in [3.8, 4) is 5.75 Å². The largest absolute Gasteiger partial charge is 0.508 e. The molecule has 3 heterocycles. The lowest BCUT2D eigenvalue weighted by molar-refractivity contribution is -0.225. The van der Waals surface area contributed by atoms with E-state index in [-0.39, 0.29) is 58.6 Å². The van der Waals surface area contributed by atoms with E-state index < -0.39 is 28.6 Å². The van der Waals surface area contributed by atoms with Gasteiger partial charge in [-0.25, -0.2) is 0 Å². The molecule has 11 heteroatoms. The number of fused-ring (bicyclic) bond motifs is 11. The fraction of sp³-hybridized carbons (Fsp3) is 0.778. The van der Waals surface area contributed by atoms with Crippen LogP contribution in [0.3, 0.4) is 0 Å². The normalized spacial score (nSPS) is 38.5. The predicted octanol–water partition coefficient (Wildman–Crippen LogP) is 13.0. The average Bonchev–Trinajstić information content (AvgIpc) is 4.24. The molecule has 2 aromatic carbocycles. The number of benzene rings is 2. The summed E-state index contributed by atoms with van der Waals surface area (Å²) in [4.78, 5) is 48.7. The molecule has 0 amide bonds. The van der Waals surface area contributed by atoms with Crippen LogP contribution in [0.1, 0.15) is 204 Å². The van der Waals surface area contributed by atoms with Gasteiger partial charge in [-0.1, -0.05) is 65.8 Å². The van der Waals surface area contributed by atoms with Crippen molar-refractivity contribution < 1.29 is 53.1 Å². The first-order chi connectivity index (χ1) is 34.8. The summed E-state index contributed by atoms with van der Waals surface area (Å²) < 4.78 is 28.7. The van der Waals surface area contributed by atoms with Crippen LogP contribution >= 0.6 is 0 Å². The number of esters is 4. The number of carbonyl (C=O) groups is 4. The molecule has 0 spiro atoms. The smallest absolute Gasteiger partial charge is 0.312 e. The average molecular weight is 1030 g/mol. The summed E-state index contributed by atoms with van der Waals surface area (Å²) in [6, 6.07) is 11.9. The fourth-order valence-corrected chi connectivity index (χ4v) is 16.1. The number of aromatic hydroxyl groups is 1. The zero-order valence-electron chi connectivity index (χ0n) is 47.1. The Kier molecular flexibility index (Phi) is 15.1. The molecule has 15 atom stereocenters. The van der Waals surface area contributed by atoms with Crippen molar-refractivity contribution in [3.63, 3.8) is 0 Å². The summed E-state index contributed by atoms with van der Waals surface area (Å²) in [6.07, 6.45) is 16.5. The van der Waals surface area contributed by atoms with Crippen molar-refractivity contribution in [2.24, 2.45) is 69.5 Å². The van der Waals surface area contributed by atoms with Gasteiger partial charge in [0, 0.05) is 12.3 Å². The molecule has 2 aromatic rings. The van der Waals surface area contributed by atoms with Gasteiger partial charge < -0.3 is 33.9 Å². The number of phenols is 1. The van der Waals surface area contributed by atoms with Crippen LogP contribution in [0.5, 0.6) is 5.75 Å². The lowest BCUT2D eigenvalue weighted by Gasteiger charge is -2.59. The number of hydrogen-bond donors (Lipinski definition) is 2. The molecule has 11 nitrogen and oxygen atoms in total. The highest BCUT2D eigenvalue weighted by atomic mass is 16.7. The Morgan fingerprint density at radius 2 is 1.30 bits per heavy atom. The van der Waals surface area contributed by atoms with Crippen molar-refractivity contribution in [1.82, 2.24) is 0 Å². The quantitative estimate of drug-likeness (QED) is 0.119. The third-order valence-corrected chi connectivity index (χ3v) is 21.4. The summed E-state index contributed by atoms with van der Waals surface area (Å²) in [6.45, 7) is 24.4. The number of carbonyl (C=O) groups excluding carboxylic acids is 4. The second-order valence-corrected chi connectivity index (χ2v) is 27.4. The first-order valence-corrected chi connectivity index (χ1v) is 29.3. The Hall–Kier alpha value is -3.70. The monoisotopic (exact) mass is 1020 g/mol. The molecule has 8 saturated carbocycles. The Morgan fingerprint density at radius 3 is 1.91 bits per heavy atom. The minimum absolute atomic E-state index is 0.0455. The number of aliphatic hydroxyl groups is 1. The van der Waals surface area contributed by atoms with Gasteiger partial charge in [0.1, 0.15) is 23.1 Å². The van der Waals surface area contributed by atoms with Gasteiger partial charge in [-0.2, -0.15) is 0 Å². The van der Waals surface area contributed by atoms with E-state index in [9.17, 15) is 29.4 Å². The van der Waals surface area contributed by atoms with Gasteiger partial charge >= 0.3 is 23.9 Å². The highest BCUT2D eigenvalue weighted by Crippen LogP contribution is 2.71. The maximum Gasteiger partial charge on any atom is 0.312 e. The van der Waals surface area contributed by atoms with E-state index in [1.54, 1.807) is 12.1 Å². The summed E-state index contributed by atoms with van der Waals surface area (Å²) in [5.41, 5.74) is -0.924. The highest BCUT2D eigenvalue weighted by molar-refractivity contribution is 5.84. The number of ether oxygens (including phenoxy) is 5. The van der Waals surface area contributed by atoms with E-state index in [4.69, 9.17) is 23.7 Å². The van der Waals surface area contributed by atoms with Crippen molar-refractivity contribution in [1.29, 1.82) is 0 Å². The second-order valence-electron chi connectivity index (χ2n) is 27.4. The third-order valence-electron chi connectivity index (χ3n) is 21.4. The van der Waals surface area contributed by atoms with Gasteiger partial charge in [0.05, 0.1) is 33.9 Å². The predicted molar refractivity (Wildman–Crippen MR) is 285 cm³/mol. The molecule has 2 N–H and O–H groups in total. The van der Waals surface area contributed by atoms with E-state index in [1.807, 2.05) is 61.5 Å². The van der Waals surface area contributed by atoms with Crippen molar-refractivity contribution in [2.45, 2.75) is 239 Å². The van der Waals surface area contributed by atoms with Crippen LogP contribution in [0, 0.1) is 69.5 Å². The van der Waals surface area contributed by atoms with Crippen molar-refractivity contribution in [2.75, 3.05) is 0 Å². The van der Waals surface area contributed by atoms with Crippen LogP contribution in [0.2, 0.25) is 0 Å². The van der Waals surface area contributed by atoms with Crippen LogP contribution in [0.15, 0.2) is 36.4 Å².